The van der Waals surface area contributed by atoms with E-state index in [0.717, 1.165) is 35.9 Å². The highest BCUT2D eigenvalue weighted by Gasteiger charge is 2.27. The summed E-state index contributed by atoms with van der Waals surface area (Å²) in [5.74, 6) is 1.65. The summed E-state index contributed by atoms with van der Waals surface area (Å²) in [6.45, 7) is 3.12. The Kier molecular flexibility index (Phi) is 5.11. The number of hydrogen-bond donors (Lipinski definition) is 1. The molecule has 118 valence electrons. The average Bonchev–Trinajstić information content (AvgIpc) is 2.88. The van der Waals surface area contributed by atoms with Gasteiger partial charge in [0.05, 0.1) is 12.8 Å². The van der Waals surface area contributed by atoms with Crippen molar-refractivity contribution >= 4 is 24.0 Å². The van der Waals surface area contributed by atoms with Crippen LogP contribution in [0.4, 0.5) is 5.69 Å². The van der Waals surface area contributed by atoms with Gasteiger partial charge in [0.25, 0.3) is 0 Å². The van der Waals surface area contributed by atoms with Crippen molar-refractivity contribution in [3.8, 4) is 5.75 Å². The fourth-order valence-corrected chi connectivity index (χ4v) is 2.54. The van der Waals surface area contributed by atoms with Crippen LogP contribution in [-0.4, -0.2) is 24.4 Å². The standard InChI is InChI=1S/C16H18N2O3.ClH/c1-11(19)17-12-3-5-13(6-4-12)21-16-10-18(2)9-15-14(16)7-8-20-15;/h3-8,16H,9-10H2,1-2H3,(H,17,19);1H. The Hall–Kier alpha value is -1.98. The van der Waals surface area contributed by atoms with Gasteiger partial charge in [-0.3, -0.25) is 9.69 Å². The van der Waals surface area contributed by atoms with Gasteiger partial charge in [0.1, 0.15) is 17.6 Å². The summed E-state index contributed by atoms with van der Waals surface area (Å²) in [5, 5.41) is 2.74. The van der Waals surface area contributed by atoms with Gasteiger partial charge >= 0.3 is 0 Å². The van der Waals surface area contributed by atoms with E-state index in [4.69, 9.17) is 9.15 Å². The topological polar surface area (TPSA) is 54.7 Å². The van der Waals surface area contributed by atoms with Gasteiger partial charge in [0.15, 0.2) is 0 Å². The van der Waals surface area contributed by atoms with E-state index in [1.165, 1.54) is 6.92 Å². The van der Waals surface area contributed by atoms with Gasteiger partial charge in [-0.2, -0.15) is 0 Å². The van der Waals surface area contributed by atoms with Gasteiger partial charge in [0.2, 0.25) is 5.91 Å². The highest BCUT2D eigenvalue weighted by molar-refractivity contribution is 5.88. The summed E-state index contributed by atoms with van der Waals surface area (Å²) in [6, 6.07) is 9.36. The molecule has 0 bridgehead atoms. The SMILES string of the molecule is CC(=O)Nc1ccc(OC2CN(C)Cc3occc32)cc1.Cl. The molecule has 1 aliphatic rings. The fourth-order valence-electron chi connectivity index (χ4n) is 2.54. The van der Waals surface area contributed by atoms with E-state index in [1.807, 2.05) is 37.4 Å². The maximum atomic E-state index is 11.0. The summed E-state index contributed by atoms with van der Waals surface area (Å²) >= 11 is 0. The lowest BCUT2D eigenvalue weighted by molar-refractivity contribution is -0.114. The van der Waals surface area contributed by atoms with E-state index in [9.17, 15) is 4.79 Å². The number of carbonyl (C=O) groups is 1. The molecule has 3 rings (SSSR count). The molecular weight excluding hydrogens is 304 g/mol. The second-order valence-electron chi connectivity index (χ2n) is 5.31. The number of halogens is 1. The third-order valence-electron chi connectivity index (χ3n) is 3.47. The number of rotatable bonds is 3. The number of furan rings is 1. The van der Waals surface area contributed by atoms with Crippen molar-refractivity contribution in [1.82, 2.24) is 4.90 Å². The van der Waals surface area contributed by atoms with E-state index in [2.05, 4.69) is 10.2 Å². The quantitative estimate of drug-likeness (QED) is 0.942. The number of hydrogen-bond acceptors (Lipinski definition) is 4. The Balaban J connectivity index is 0.00000176. The van der Waals surface area contributed by atoms with E-state index in [0.29, 0.717) is 0 Å². The highest BCUT2D eigenvalue weighted by atomic mass is 35.5. The predicted molar refractivity (Wildman–Crippen MR) is 86.4 cm³/mol. The Morgan fingerprint density at radius 2 is 2.05 bits per heavy atom. The van der Waals surface area contributed by atoms with Crippen LogP contribution in [-0.2, 0) is 11.3 Å². The molecule has 2 heterocycles. The third-order valence-corrected chi connectivity index (χ3v) is 3.47. The zero-order valence-electron chi connectivity index (χ0n) is 12.5. The van der Waals surface area contributed by atoms with Crippen LogP contribution >= 0.6 is 12.4 Å². The van der Waals surface area contributed by atoms with Crippen molar-refractivity contribution in [3.63, 3.8) is 0 Å². The first-order valence-electron chi connectivity index (χ1n) is 6.91. The molecule has 0 aliphatic carbocycles. The molecule has 2 aromatic rings. The Bertz CT molecular complexity index is 639. The summed E-state index contributed by atoms with van der Waals surface area (Å²) in [7, 11) is 2.04. The number of benzene rings is 1. The zero-order valence-corrected chi connectivity index (χ0v) is 13.4. The van der Waals surface area contributed by atoms with Crippen LogP contribution in [0.25, 0.3) is 0 Å². The molecule has 1 aromatic heterocycles. The Morgan fingerprint density at radius 1 is 1.32 bits per heavy atom. The van der Waals surface area contributed by atoms with Crippen LogP contribution in [0.5, 0.6) is 5.75 Å². The molecule has 0 radical (unpaired) electrons. The molecule has 0 saturated heterocycles. The first-order chi connectivity index (χ1) is 10.1. The Morgan fingerprint density at radius 3 is 2.73 bits per heavy atom. The largest absolute Gasteiger partial charge is 0.484 e. The molecule has 1 aromatic carbocycles. The number of anilines is 1. The summed E-state index contributed by atoms with van der Waals surface area (Å²) in [5.41, 5.74) is 1.87. The van der Waals surface area contributed by atoms with E-state index in [1.54, 1.807) is 6.26 Å². The molecule has 0 saturated carbocycles. The van der Waals surface area contributed by atoms with E-state index in [-0.39, 0.29) is 24.4 Å². The van der Waals surface area contributed by atoms with Gasteiger partial charge in [-0.1, -0.05) is 0 Å². The molecule has 1 atom stereocenters. The molecular formula is C16H19ClN2O3. The minimum absolute atomic E-state index is 0. The van der Waals surface area contributed by atoms with Crippen molar-refractivity contribution < 1.29 is 13.9 Å². The molecule has 1 N–H and O–H groups in total. The molecule has 0 fully saturated rings. The minimum Gasteiger partial charge on any atom is -0.484 e. The van der Waals surface area contributed by atoms with Crippen molar-refractivity contribution in [2.45, 2.75) is 19.6 Å². The molecule has 1 unspecified atom stereocenters. The smallest absolute Gasteiger partial charge is 0.221 e. The van der Waals surface area contributed by atoms with Crippen LogP contribution in [0.1, 0.15) is 24.4 Å². The van der Waals surface area contributed by atoms with Gasteiger partial charge in [-0.15, -0.1) is 12.4 Å². The van der Waals surface area contributed by atoms with Crippen LogP contribution < -0.4 is 10.1 Å². The lowest BCUT2D eigenvalue weighted by Gasteiger charge is -2.29. The molecule has 22 heavy (non-hydrogen) atoms. The van der Waals surface area contributed by atoms with E-state index >= 15 is 0 Å². The van der Waals surface area contributed by atoms with Gasteiger partial charge in [-0.25, -0.2) is 0 Å². The van der Waals surface area contributed by atoms with Crippen molar-refractivity contribution in [3.05, 3.63) is 47.9 Å². The van der Waals surface area contributed by atoms with Gasteiger partial charge in [-0.05, 0) is 37.4 Å². The zero-order chi connectivity index (χ0) is 14.8. The lowest BCUT2D eigenvalue weighted by atomic mass is 10.1. The second kappa shape index (κ2) is 6.85. The van der Waals surface area contributed by atoms with Crippen molar-refractivity contribution in [2.24, 2.45) is 0 Å². The maximum Gasteiger partial charge on any atom is 0.221 e. The number of likely N-dealkylation sites (N-methyl/N-ethyl adjacent to an activating group) is 1. The monoisotopic (exact) mass is 322 g/mol. The molecule has 5 nitrogen and oxygen atoms in total. The molecule has 0 spiro atoms. The lowest BCUT2D eigenvalue weighted by Crippen LogP contribution is -2.32. The minimum atomic E-state index is -0.0828. The number of ether oxygens (including phenoxy) is 1. The van der Waals surface area contributed by atoms with Crippen LogP contribution in [0, 0.1) is 0 Å². The highest BCUT2D eigenvalue weighted by Crippen LogP contribution is 2.31. The summed E-state index contributed by atoms with van der Waals surface area (Å²) in [6.07, 6.45) is 1.67. The van der Waals surface area contributed by atoms with Crippen LogP contribution in [0.2, 0.25) is 0 Å². The molecule has 1 aliphatic heterocycles. The average molecular weight is 323 g/mol. The number of amides is 1. The number of nitrogens with one attached hydrogen (secondary N) is 1. The number of carbonyl (C=O) groups excluding carboxylic acids is 1. The van der Waals surface area contributed by atoms with Crippen molar-refractivity contribution in [1.29, 1.82) is 0 Å². The van der Waals surface area contributed by atoms with Crippen LogP contribution in [0.15, 0.2) is 41.0 Å². The second-order valence-corrected chi connectivity index (χ2v) is 5.31. The number of fused-ring (bicyclic) bond motifs is 1. The predicted octanol–water partition coefficient (Wildman–Crippen LogP) is 3.23. The summed E-state index contributed by atoms with van der Waals surface area (Å²) < 4.78 is 11.5. The normalized spacial score (nSPS) is 17.3. The Labute approximate surface area is 135 Å². The third kappa shape index (κ3) is 3.61. The molecule has 6 heteroatoms. The molecule has 1 amide bonds. The van der Waals surface area contributed by atoms with Gasteiger partial charge in [0, 0.05) is 24.7 Å². The van der Waals surface area contributed by atoms with Crippen LogP contribution in [0.3, 0.4) is 0 Å². The fraction of sp³-hybridized carbons (Fsp3) is 0.312. The summed E-state index contributed by atoms with van der Waals surface area (Å²) in [4.78, 5) is 13.2. The first kappa shape index (κ1) is 16.4. The van der Waals surface area contributed by atoms with E-state index < -0.39 is 0 Å². The maximum absolute atomic E-state index is 11.0. The van der Waals surface area contributed by atoms with Gasteiger partial charge < -0.3 is 14.5 Å². The number of nitrogens with zero attached hydrogens (tertiary/aromatic N) is 1. The first-order valence-corrected chi connectivity index (χ1v) is 6.91. The van der Waals surface area contributed by atoms with Crippen molar-refractivity contribution in [2.75, 3.05) is 18.9 Å².